The van der Waals surface area contributed by atoms with Gasteiger partial charge in [-0.15, -0.1) is 0 Å². The molecule has 0 spiro atoms. The summed E-state index contributed by atoms with van der Waals surface area (Å²) >= 11 is 0. The maximum atomic E-state index is 13.0. The van der Waals surface area contributed by atoms with Crippen molar-refractivity contribution in [2.75, 3.05) is 31.6 Å². The van der Waals surface area contributed by atoms with E-state index in [4.69, 9.17) is 9.47 Å². The Balaban J connectivity index is 1.75. The number of carbonyl (C=O) groups excluding carboxylic acids is 1. The minimum atomic E-state index is -3.64. The summed E-state index contributed by atoms with van der Waals surface area (Å²) in [7, 11) is -3.64. The van der Waals surface area contributed by atoms with Crippen LogP contribution in [-0.4, -0.2) is 44.9 Å². The van der Waals surface area contributed by atoms with Gasteiger partial charge in [-0.2, -0.15) is 4.31 Å². The standard InChI is InChI=1S/C23H30N2O5S/c1-4-29-19-10-13-22(30-5-2)21(15-19)24-23(26)18-7-6-14-25(16-18)31(27,28)20-11-8-17(3)9-12-20/h8-13,15,18H,4-7,14,16H2,1-3H3,(H,24,26)/t18-/m1/s1. The molecule has 31 heavy (non-hydrogen) atoms. The molecule has 0 unspecified atom stereocenters. The second kappa shape index (κ2) is 10.2. The van der Waals surface area contributed by atoms with Crippen LogP contribution in [0.15, 0.2) is 47.4 Å². The number of hydrogen-bond acceptors (Lipinski definition) is 5. The Morgan fingerprint density at radius 2 is 1.81 bits per heavy atom. The summed E-state index contributed by atoms with van der Waals surface area (Å²) in [6, 6.07) is 12.1. The fourth-order valence-electron chi connectivity index (χ4n) is 3.61. The van der Waals surface area contributed by atoms with Crippen molar-refractivity contribution < 1.29 is 22.7 Å². The average molecular weight is 447 g/mol. The first-order valence-electron chi connectivity index (χ1n) is 10.6. The Bertz CT molecular complexity index is 1010. The van der Waals surface area contributed by atoms with E-state index in [0.29, 0.717) is 49.8 Å². The van der Waals surface area contributed by atoms with Crippen LogP contribution in [0.2, 0.25) is 0 Å². The van der Waals surface area contributed by atoms with Gasteiger partial charge in [-0.3, -0.25) is 4.79 Å². The summed E-state index contributed by atoms with van der Waals surface area (Å²) in [6.07, 6.45) is 1.25. The third-order valence-corrected chi connectivity index (χ3v) is 7.11. The van der Waals surface area contributed by atoms with E-state index < -0.39 is 15.9 Å². The number of piperidine rings is 1. The van der Waals surface area contributed by atoms with Gasteiger partial charge in [0.05, 0.1) is 29.7 Å². The summed E-state index contributed by atoms with van der Waals surface area (Å²) in [5.74, 6) is 0.519. The molecule has 1 saturated heterocycles. The van der Waals surface area contributed by atoms with Crippen LogP contribution in [-0.2, 0) is 14.8 Å². The van der Waals surface area contributed by atoms with Crippen LogP contribution in [0.25, 0.3) is 0 Å². The van der Waals surface area contributed by atoms with Crippen LogP contribution in [0.4, 0.5) is 5.69 Å². The zero-order valence-corrected chi connectivity index (χ0v) is 19.1. The van der Waals surface area contributed by atoms with Gasteiger partial charge in [0.1, 0.15) is 11.5 Å². The van der Waals surface area contributed by atoms with Gasteiger partial charge >= 0.3 is 0 Å². The number of sulfonamides is 1. The molecule has 8 heteroatoms. The number of nitrogens with one attached hydrogen (secondary N) is 1. The third-order valence-electron chi connectivity index (χ3n) is 5.23. The van der Waals surface area contributed by atoms with Crippen LogP contribution in [0.3, 0.4) is 0 Å². The molecule has 7 nitrogen and oxygen atoms in total. The summed E-state index contributed by atoms with van der Waals surface area (Å²) in [5.41, 5.74) is 1.52. The van der Waals surface area contributed by atoms with E-state index in [-0.39, 0.29) is 17.3 Å². The smallest absolute Gasteiger partial charge is 0.243 e. The molecule has 1 aliphatic heterocycles. The van der Waals surface area contributed by atoms with Gasteiger partial charge in [0.25, 0.3) is 0 Å². The lowest BCUT2D eigenvalue weighted by molar-refractivity contribution is -0.120. The molecule has 0 radical (unpaired) electrons. The number of anilines is 1. The van der Waals surface area contributed by atoms with Crippen LogP contribution in [0.5, 0.6) is 11.5 Å². The van der Waals surface area contributed by atoms with Crippen molar-refractivity contribution in [3.05, 3.63) is 48.0 Å². The normalized spacial score (nSPS) is 17.2. The highest BCUT2D eigenvalue weighted by atomic mass is 32.2. The second-order valence-corrected chi connectivity index (χ2v) is 9.47. The molecule has 2 aromatic rings. The van der Waals surface area contributed by atoms with E-state index in [1.807, 2.05) is 20.8 Å². The van der Waals surface area contributed by atoms with Crippen LogP contribution in [0, 0.1) is 12.8 Å². The summed E-state index contributed by atoms with van der Waals surface area (Å²) in [6.45, 7) is 7.20. The number of nitrogens with zero attached hydrogens (tertiary/aromatic N) is 1. The van der Waals surface area contributed by atoms with Crippen LogP contribution in [0.1, 0.15) is 32.3 Å². The van der Waals surface area contributed by atoms with Crippen molar-refractivity contribution in [3.8, 4) is 11.5 Å². The highest BCUT2D eigenvalue weighted by Gasteiger charge is 2.33. The van der Waals surface area contributed by atoms with E-state index >= 15 is 0 Å². The molecule has 1 atom stereocenters. The molecular formula is C23H30N2O5S. The van der Waals surface area contributed by atoms with E-state index in [1.54, 1.807) is 42.5 Å². The number of hydrogen-bond donors (Lipinski definition) is 1. The largest absolute Gasteiger partial charge is 0.494 e. The lowest BCUT2D eigenvalue weighted by atomic mass is 9.98. The predicted molar refractivity (Wildman–Crippen MR) is 120 cm³/mol. The van der Waals surface area contributed by atoms with Crippen molar-refractivity contribution in [2.45, 2.75) is 38.5 Å². The highest BCUT2D eigenvalue weighted by Crippen LogP contribution is 2.31. The Labute approximate surface area is 184 Å². The Morgan fingerprint density at radius 3 is 2.48 bits per heavy atom. The minimum absolute atomic E-state index is 0.150. The lowest BCUT2D eigenvalue weighted by Gasteiger charge is -2.31. The number of benzene rings is 2. The maximum Gasteiger partial charge on any atom is 0.243 e. The fourth-order valence-corrected chi connectivity index (χ4v) is 5.14. The number of aryl methyl sites for hydroxylation is 1. The van der Waals surface area contributed by atoms with Gasteiger partial charge in [-0.1, -0.05) is 17.7 Å². The topological polar surface area (TPSA) is 84.9 Å². The Hall–Kier alpha value is -2.58. The van der Waals surface area contributed by atoms with Gasteiger partial charge in [-0.25, -0.2) is 8.42 Å². The molecule has 1 fully saturated rings. The van der Waals surface area contributed by atoms with E-state index in [2.05, 4.69) is 5.32 Å². The molecule has 0 bridgehead atoms. The fraction of sp³-hybridized carbons (Fsp3) is 0.435. The van der Waals surface area contributed by atoms with Gasteiger partial charge in [0.2, 0.25) is 15.9 Å². The molecule has 1 heterocycles. The first-order chi connectivity index (χ1) is 14.8. The van der Waals surface area contributed by atoms with E-state index in [0.717, 1.165) is 5.56 Å². The molecule has 1 amide bonds. The van der Waals surface area contributed by atoms with Crippen molar-refractivity contribution in [1.29, 1.82) is 0 Å². The maximum absolute atomic E-state index is 13.0. The summed E-state index contributed by atoms with van der Waals surface area (Å²) in [4.78, 5) is 13.3. The third kappa shape index (κ3) is 5.57. The molecule has 3 rings (SSSR count). The minimum Gasteiger partial charge on any atom is -0.494 e. The molecule has 2 aromatic carbocycles. The van der Waals surface area contributed by atoms with Crippen molar-refractivity contribution >= 4 is 21.6 Å². The Kier molecular flexibility index (Phi) is 7.56. The van der Waals surface area contributed by atoms with Crippen molar-refractivity contribution in [1.82, 2.24) is 4.31 Å². The number of amides is 1. The quantitative estimate of drug-likeness (QED) is 0.666. The highest BCUT2D eigenvalue weighted by molar-refractivity contribution is 7.89. The zero-order chi connectivity index (χ0) is 22.4. The molecule has 0 aromatic heterocycles. The van der Waals surface area contributed by atoms with E-state index in [9.17, 15) is 13.2 Å². The molecule has 1 N–H and O–H groups in total. The average Bonchev–Trinajstić information content (AvgIpc) is 2.76. The SMILES string of the molecule is CCOc1ccc(OCC)c(NC(=O)[C@@H]2CCCN(S(=O)(=O)c3ccc(C)cc3)C2)c1. The lowest BCUT2D eigenvalue weighted by Crippen LogP contribution is -2.43. The van der Waals surface area contributed by atoms with Crippen molar-refractivity contribution in [2.24, 2.45) is 5.92 Å². The molecule has 0 aliphatic carbocycles. The number of ether oxygens (including phenoxy) is 2. The first kappa shape index (κ1) is 23.1. The van der Waals surface area contributed by atoms with Gasteiger partial charge in [0.15, 0.2) is 0 Å². The zero-order valence-electron chi connectivity index (χ0n) is 18.3. The van der Waals surface area contributed by atoms with Crippen LogP contribution < -0.4 is 14.8 Å². The molecule has 168 valence electrons. The molecule has 1 aliphatic rings. The van der Waals surface area contributed by atoms with Gasteiger partial charge in [0, 0.05) is 19.2 Å². The summed E-state index contributed by atoms with van der Waals surface area (Å²) in [5, 5.41) is 2.92. The number of rotatable bonds is 8. The Morgan fingerprint density at radius 1 is 1.10 bits per heavy atom. The first-order valence-corrected chi connectivity index (χ1v) is 12.1. The molecule has 0 saturated carbocycles. The molecular weight excluding hydrogens is 416 g/mol. The van der Waals surface area contributed by atoms with Crippen LogP contribution >= 0.6 is 0 Å². The van der Waals surface area contributed by atoms with Crippen molar-refractivity contribution in [3.63, 3.8) is 0 Å². The van der Waals surface area contributed by atoms with E-state index in [1.165, 1.54) is 4.31 Å². The monoisotopic (exact) mass is 446 g/mol. The van der Waals surface area contributed by atoms with Gasteiger partial charge < -0.3 is 14.8 Å². The predicted octanol–water partition coefficient (Wildman–Crippen LogP) is 3.83. The summed E-state index contributed by atoms with van der Waals surface area (Å²) < 4.78 is 38.6. The van der Waals surface area contributed by atoms with Gasteiger partial charge in [-0.05, 0) is 57.9 Å². The number of carbonyl (C=O) groups is 1. The second-order valence-electron chi connectivity index (χ2n) is 7.53.